The molecular weight excluding hydrogens is 263 g/mol. The highest BCUT2D eigenvalue weighted by molar-refractivity contribution is 5.20. The number of nitrogens with zero attached hydrogens (tertiary/aromatic N) is 1. The summed E-state index contributed by atoms with van der Waals surface area (Å²) in [6, 6.07) is 7.16. The molecule has 3 heteroatoms. The highest BCUT2D eigenvalue weighted by Crippen LogP contribution is 2.39. The standard InChI is InChI=1S/C18H29FN2/c1-14-8-10-18(12-20,11-9-14)13-21(3)15(2)16-6-4-5-7-17(16)19/h4-7,14-15H,8-13,20H2,1-3H3. The molecule has 118 valence electrons. The van der Waals surface area contributed by atoms with Crippen molar-refractivity contribution in [2.75, 3.05) is 20.1 Å². The maximum atomic E-state index is 14.0. The van der Waals surface area contributed by atoms with Crippen molar-refractivity contribution >= 4 is 0 Å². The van der Waals surface area contributed by atoms with Gasteiger partial charge in [-0.25, -0.2) is 4.39 Å². The predicted molar refractivity (Wildman–Crippen MR) is 86.6 cm³/mol. The quantitative estimate of drug-likeness (QED) is 0.889. The lowest BCUT2D eigenvalue weighted by molar-refractivity contribution is 0.0892. The molecule has 1 atom stereocenters. The Morgan fingerprint density at radius 1 is 1.33 bits per heavy atom. The molecule has 1 aromatic carbocycles. The molecule has 0 radical (unpaired) electrons. The Labute approximate surface area is 128 Å². The van der Waals surface area contributed by atoms with E-state index >= 15 is 0 Å². The Morgan fingerprint density at radius 2 is 1.95 bits per heavy atom. The fourth-order valence-electron chi connectivity index (χ4n) is 3.52. The fourth-order valence-corrected chi connectivity index (χ4v) is 3.52. The van der Waals surface area contributed by atoms with Gasteiger partial charge in [0.15, 0.2) is 0 Å². The molecule has 0 spiro atoms. The van der Waals surface area contributed by atoms with Gasteiger partial charge in [0.25, 0.3) is 0 Å². The maximum Gasteiger partial charge on any atom is 0.127 e. The third-order valence-electron chi connectivity index (χ3n) is 5.37. The SMILES string of the molecule is CC1CCC(CN)(CN(C)C(C)c2ccccc2F)CC1. The van der Waals surface area contributed by atoms with E-state index < -0.39 is 0 Å². The van der Waals surface area contributed by atoms with Crippen LogP contribution in [0.1, 0.15) is 51.1 Å². The molecule has 1 unspecified atom stereocenters. The van der Waals surface area contributed by atoms with E-state index in [9.17, 15) is 4.39 Å². The lowest BCUT2D eigenvalue weighted by Crippen LogP contribution is -2.44. The van der Waals surface area contributed by atoms with Crippen LogP contribution >= 0.6 is 0 Å². The summed E-state index contributed by atoms with van der Waals surface area (Å²) in [6.45, 7) is 6.08. The zero-order valence-corrected chi connectivity index (χ0v) is 13.6. The van der Waals surface area contributed by atoms with Crippen molar-refractivity contribution in [1.82, 2.24) is 4.90 Å². The third-order valence-corrected chi connectivity index (χ3v) is 5.37. The van der Waals surface area contributed by atoms with Crippen LogP contribution < -0.4 is 5.73 Å². The molecule has 21 heavy (non-hydrogen) atoms. The Hall–Kier alpha value is -0.930. The van der Waals surface area contributed by atoms with Crippen LogP contribution in [0.4, 0.5) is 4.39 Å². The van der Waals surface area contributed by atoms with Gasteiger partial charge >= 0.3 is 0 Å². The molecule has 1 aliphatic carbocycles. The summed E-state index contributed by atoms with van der Waals surface area (Å²) in [4.78, 5) is 2.27. The van der Waals surface area contributed by atoms with E-state index in [0.29, 0.717) is 0 Å². The van der Waals surface area contributed by atoms with Crippen molar-refractivity contribution in [3.63, 3.8) is 0 Å². The number of benzene rings is 1. The zero-order chi connectivity index (χ0) is 15.5. The molecule has 0 saturated heterocycles. The summed E-state index contributed by atoms with van der Waals surface area (Å²) in [7, 11) is 2.09. The van der Waals surface area contributed by atoms with E-state index in [1.54, 1.807) is 12.1 Å². The minimum Gasteiger partial charge on any atom is -0.330 e. The van der Waals surface area contributed by atoms with Crippen molar-refractivity contribution in [2.24, 2.45) is 17.1 Å². The third kappa shape index (κ3) is 3.83. The van der Waals surface area contributed by atoms with Crippen LogP contribution in [-0.2, 0) is 0 Å². The number of halogens is 1. The Kier molecular flexibility index (Phi) is 5.39. The molecule has 0 heterocycles. The number of rotatable bonds is 5. The van der Waals surface area contributed by atoms with Crippen LogP contribution in [0, 0.1) is 17.2 Å². The van der Waals surface area contributed by atoms with E-state index in [1.807, 2.05) is 12.1 Å². The van der Waals surface area contributed by atoms with Crippen LogP contribution in [-0.4, -0.2) is 25.0 Å². The largest absolute Gasteiger partial charge is 0.330 e. The first-order chi connectivity index (χ1) is 9.97. The average molecular weight is 292 g/mol. The molecule has 0 amide bonds. The second kappa shape index (κ2) is 6.89. The monoisotopic (exact) mass is 292 g/mol. The predicted octanol–water partition coefficient (Wildman–Crippen LogP) is 3.97. The first-order valence-electron chi connectivity index (χ1n) is 8.12. The first kappa shape index (κ1) is 16.4. The number of nitrogens with two attached hydrogens (primary N) is 1. The summed E-state index contributed by atoms with van der Waals surface area (Å²) >= 11 is 0. The molecular formula is C18H29FN2. The minimum atomic E-state index is -0.115. The van der Waals surface area contributed by atoms with Gasteiger partial charge in [0.05, 0.1) is 0 Å². The van der Waals surface area contributed by atoms with E-state index in [-0.39, 0.29) is 17.3 Å². The topological polar surface area (TPSA) is 29.3 Å². The Balaban J connectivity index is 2.06. The fraction of sp³-hybridized carbons (Fsp3) is 0.667. The van der Waals surface area contributed by atoms with Crippen molar-refractivity contribution in [2.45, 2.75) is 45.6 Å². The normalized spacial score (nSPS) is 27.8. The van der Waals surface area contributed by atoms with Crippen LogP contribution in [0.25, 0.3) is 0 Å². The number of hydrogen-bond donors (Lipinski definition) is 1. The summed E-state index contributed by atoms with van der Waals surface area (Å²) in [5, 5.41) is 0. The minimum absolute atomic E-state index is 0.0778. The Bertz CT molecular complexity index is 452. The van der Waals surface area contributed by atoms with Gasteiger partial charge in [0.1, 0.15) is 5.82 Å². The molecule has 2 N–H and O–H groups in total. The summed E-state index contributed by atoms with van der Waals surface area (Å²) in [5.41, 5.74) is 7.08. The molecule has 0 aliphatic heterocycles. The first-order valence-corrected chi connectivity index (χ1v) is 8.12. The zero-order valence-electron chi connectivity index (χ0n) is 13.6. The van der Waals surface area contributed by atoms with Gasteiger partial charge in [-0.15, -0.1) is 0 Å². The van der Waals surface area contributed by atoms with Crippen LogP contribution in [0.3, 0.4) is 0 Å². The van der Waals surface area contributed by atoms with Crippen molar-refractivity contribution < 1.29 is 4.39 Å². The molecule has 2 nitrogen and oxygen atoms in total. The molecule has 0 bridgehead atoms. The highest BCUT2D eigenvalue weighted by atomic mass is 19.1. The van der Waals surface area contributed by atoms with Gasteiger partial charge in [-0.05, 0) is 50.8 Å². The second-order valence-electron chi connectivity index (χ2n) is 7.00. The molecule has 1 aliphatic rings. The molecule has 2 rings (SSSR count). The smallest absolute Gasteiger partial charge is 0.127 e. The van der Waals surface area contributed by atoms with Crippen LogP contribution in [0.5, 0.6) is 0 Å². The number of hydrogen-bond acceptors (Lipinski definition) is 2. The highest BCUT2D eigenvalue weighted by Gasteiger charge is 2.35. The van der Waals surface area contributed by atoms with Gasteiger partial charge < -0.3 is 5.73 Å². The van der Waals surface area contributed by atoms with Gasteiger partial charge in [-0.1, -0.05) is 38.0 Å². The van der Waals surface area contributed by atoms with Gasteiger partial charge in [-0.2, -0.15) is 0 Å². The molecule has 1 fully saturated rings. The van der Waals surface area contributed by atoms with Gasteiger partial charge in [0.2, 0.25) is 0 Å². The van der Waals surface area contributed by atoms with E-state index in [1.165, 1.54) is 25.7 Å². The van der Waals surface area contributed by atoms with Crippen molar-refractivity contribution in [3.8, 4) is 0 Å². The lowest BCUT2D eigenvalue weighted by atomic mass is 9.70. The summed E-state index contributed by atoms with van der Waals surface area (Å²) in [5.74, 6) is 0.704. The lowest BCUT2D eigenvalue weighted by Gasteiger charge is -2.42. The van der Waals surface area contributed by atoms with Gasteiger partial charge in [-0.3, -0.25) is 4.90 Å². The second-order valence-corrected chi connectivity index (χ2v) is 7.00. The Morgan fingerprint density at radius 3 is 2.52 bits per heavy atom. The molecule has 1 aromatic rings. The van der Waals surface area contributed by atoms with Gasteiger partial charge in [0, 0.05) is 18.2 Å². The van der Waals surface area contributed by atoms with Crippen LogP contribution in [0.15, 0.2) is 24.3 Å². The average Bonchev–Trinajstić information content (AvgIpc) is 2.49. The van der Waals surface area contributed by atoms with Crippen molar-refractivity contribution in [3.05, 3.63) is 35.6 Å². The molecule has 1 saturated carbocycles. The van der Waals surface area contributed by atoms with Crippen LogP contribution in [0.2, 0.25) is 0 Å². The molecule has 0 aromatic heterocycles. The van der Waals surface area contributed by atoms with E-state index in [2.05, 4.69) is 25.8 Å². The van der Waals surface area contributed by atoms with E-state index in [0.717, 1.165) is 24.6 Å². The van der Waals surface area contributed by atoms with E-state index in [4.69, 9.17) is 5.73 Å². The summed E-state index contributed by atoms with van der Waals surface area (Å²) in [6.07, 6.45) is 4.91. The summed E-state index contributed by atoms with van der Waals surface area (Å²) < 4.78 is 14.0. The van der Waals surface area contributed by atoms with Crippen molar-refractivity contribution in [1.29, 1.82) is 0 Å². The maximum absolute atomic E-state index is 14.0.